The monoisotopic (exact) mass is 282 g/mol. The van der Waals surface area contributed by atoms with E-state index in [9.17, 15) is 8.78 Å². The van der Waals surface area contributed by atoms with Gasteiger partial charge in [-0.05, 0) is 64.0 Å². The summed E-state index contributed by atoms with van der Waals surface area (Å²) in [4.78, 5) is 2.41. The molecule has 1 saturated heterocycles. The van der Waals surface area contributed by atoms with Crippen LogP contribution in [0.3, 0.4) is 0 Å². The summed E-state index contributed by atoms with van der Waals surface area (Å²) in [6.45, 7) is 8.89. The van der Waals surface area contributed by atoms with Crippen molar-refractivity contribution < 1.29 is 8.78 Å². The van der Waals surface area contributed by atoms with Crippen LogP contribution in [0.2, 0.25) is 0 Å². The van der Waals surface area contributed by atoms with Crippen molar-refractivity contribution in [2.45, 2.75) is 45.7 Å². The summed E-state index contributed by atoms with van der Waals surface area (Å²) in [5.41, 5.74) is 0.778. The molecular formula is C16H24F2N2. The fourth-order valence-corrected chi connectivity index (χ4v) is 2.85. The number of nitrogens with zero attached hydrogens (tertiary/aromatic N) is 1. The van der Waals surface area contributed by atoms with E-state index < -0.39 is 0 Å². The third-order valence-electron chi connectivity index (χ3n) is 4.26. The molecule has 0 bridgehead atoms. The van der Waals surface area contributed by atoms with Crippen molar-refractivity contribution in [1.29, 1.82) is 0 Å². The molecule has 1 aromatic carbocycles. The van der Waals surface area contributed by atoms with Crippen LogP contribution >= 0.6 is 0 Å². The lowest BCUT2D eigenvalue weighted by Crippen LogP contribution is -2.43. The number of halogens is 2. The van der Waals surface area contributed by atoms with Gasteiger partial charge < -0.3 is 10.2 Å². The minimum absolute atomic E-state index is 0.164. The fourth-order valence-electron chi connectivity index (χ4n) is 2.85. The standard InChI is InChI=1S/C16H24F2N2/c1-4-20-7-5-13(6-8-20)19-12(3)14-10-15(17)11(2)9-16(14)18/h9-10,12-13,19H,4-8H2,1-3H3. The average Bonchev–Trinajstić information content (AvgIpc) is 2.43. The van der Waals surface area contributed by atoms with Crippen LogP contribution < -0.4 is 5.32 Å². The molecular weight excluding hydrogens is 258 g/mol. The van der Waals surface area contributed by atoms with Crippen LogP contribution in [0.4, 0.5) is 8.78 Å². The molecule has 1 atom stereocenters. The zero-order valence-electron chi connectivity index (χ0n) is 12.5. The summed E-state index contributed by atoms with van der Waals surface area (Å²) in [6.07, 6.45) is 2.13. The Morgan fingerprint density at radius 3 is 2.50 bits per heavy atom. The van der Waals surface area contributed by atoms with Crippen molar-refractivity contribution in [3.8, 4) is 0 Å². The van der Waals surface area contributed by atoms with E-state index in [1.54, 1.807) is 6.92 Å². The Labute approximate surface area is 120 Å². The highest BCUT2D eigenvalue weighted by Crippen LogP contribution is 2.22. The topological polar surface area (TPSA) is 15.3 Å². The van der Waals surface area contributed by atoms with E-state index in [0.717, 1.165) is 32.5 Å². The van der Waals surface area contributed by atoms with Crippen LogP contribution in [0.5, 0.6) is 0 Å². The van der Waals surface area contributed by atoms with Gasteiger partial charge in [0, 0.05) is 17.6 Å². The molecule has 112 valence electrons. The minimum Gasteiger partial charge on any atom is -0.307 e. The molecule has 1 heterocycles. The van der Waals surface area contributed by atoms with Crippen LogP contribution in [-0.2, 0) is 0 Å². The average molecular weight is 282 g/mol. The first-order valence-electron chi connectivity index (χ1n) is 7.45. The first-order valence-corrected chi connectivity index (χ1v) is 7.45. The second-order valence-corrected chi connectivity index (χ2v) is 5.72. The van der Waals surface area contributed by atoms with Crippen LogP contribution in [0.25, 0.3) is 0 Å². The Hall–Kier alpha value is -1.00. The highest BCUT2D eigenvalue weighted by Gasteiger charge is 2.21. The van der Waals surface area contributed by atoms with E-state index in [1.165, 1.54) is 12.1 Å². The molecule has 1 aromatic rings. The predicted molar refractivity (Wildman–Crippen MR) is 77.8 cm³/mol. The van der Waals surface area contributed by atoms with Crippen molar-refractivity contribution in [3.05, 3.63) is 34.9 Å². The van der Waals surface area contributed by atoms with Crippen molar-refractivity contribution in [2.24, 2.45) is 0 Å². The molecule has 2 rings (SSSR count). The largest absolute Gasteiger partial charge is 0.307 e. The Morgan fingerprint density at radius 1 is 1.25 bits per heavy atom. The third-order valence-corrected chi connectivity index (χ3v) is 4.26. The first kappa shape index (κ1) is 15.4. The number of rotatable bonds is 4. The van der Waals surface area contributed by atoms with E-state index in [0.29, 0.717) is 17.2 Å². The van der Waals surface area contributed by atoms with Gasteiger partial charge in [-0.15, -0.1) is 0 Å². The quantitative estimate of drug-likeness (QED) is 0.910. The molecule has 0 aromatic heterocycles. The van der Waals surface area contributed by atoms with E-state index in [-0.39, 0.29) is 17.7 Å². The number of piperidine rings is 1. The lowest BCUT2D eigenvalue weighted by atomic mass is 10.0. The fraction of sp³-hybridized carbons (Fsp3) is 0.625. The number of nitrogens with one attached hydrogen (secondary N) is 1. The SMILES string of the molecule is CCN1CCC(NC(C)c2cc(F)c(C)cc2F)CC1. The number of hydrogen-bond acceptors (Lipinski definition) is 2. The summed E-state index contributed by atoms with van der Waals surface area (Å²) < 4.78 is 27.5. The van der Waals surface area contributed by atoms with Gasteiger partial charge in [-0.1, -0.05) is 6.92 Å². The second kappa shape index (κ2) is 6.64. The molecule has 20 heavy (non-hydrogen) atoms. The molecule has 1 N–H and O–H groups in total. The summed E-state index contributed by atoms with van der Waals surface area (Å²) in [7, 11) is 0. The van der Waals surface area contributed by atoms with Crippen molar-refractivity contribution >= 4 is 0 Å². The Kier molecular flexibility index (Phi) is 5.11. The maximum Gasteiger partial charge on any atom is 0.128 e. The van der Waals surface area contributed by atoms with Gasteiger partial charge >= 0.3 is 0 Å². The molecule has 0 radical (unpaired) electrons. The van der Waals surface area contributed by atoms with E-state index in [2.05, 4.69) is 17.1 Å². The summed E-state index contributed by atoms with van der Waals surface area (Å²) in [5.74, 6) is -0.661. The lowest BCUT2D eigenvalue weighted by Gasteiger charge is -2.33. The zero-order valence-corrected chi connectivity index (χ0v) is 12.5. The maximum absolute atomic E-state index is 13.9. The van der Waals surface area contributed by atoms with Gasteiger partial charge in [-0.25, -0.2) is 8.78 Å². The molecule has 0 saturated carbocycles. The van der Waals surface area contributed by atoms with Gasteiger partial charge in [-0.2, -0.15) is 0 Å². The van der Waals surface area contributed by atoms with E-state index in [4.69, 9.17) is 0 Å². The van der Waals surface area contributed by atoms with Gasteiger partial charge in [0.2, 0.25) is 0 Å². The van der Waals surface area contributed by atoms with Crippen molar-refractivity contribution in [2.75, 3.05) is 19.6 Å². The number of hydrogen-bond donors (Lipinski definition) is 1. The third kappa shape index (κ3) is 3.55. The second-order valence-electron chi connectivity index (χ2n) is 5.72. The normalized spacial score (nSPS) is 19.2. The summed E-state index contributed by atoms with van der Waals surface area (Å²) in [5, 5.41) is 3.43. The van der Waals surface area contributed by atoms with E-state index >= 15 is 0 Å². The van der Waals surface area contributed by atoms with Crippen LogP contribution in [0, 0.1) is 18.6 Å². The molecule has 1 fully saturated rings. The number of benzene rings is 1. The number of aryl methyl sites for hydroxylation is 1. The highest BCUT2D eigenvalue weighted by molar-refractivity contribution is 5.27. The van der Waals surface area contributed by atoms with Crippen LogP contribution in [0.1, 0.15) is 43.9 Å². The Morgan fingerprint density at radius 2 is 1.90 bits per heavy atom. The van der Waals surface area contributed by atoms with Crippen LogP contribution in [-0.4, -0.2) is 30.6 Å². The van der Waals surface area contributed by atoms with E-state index in [1.807, 2.05) is 6.92 Å². The van der Waals surface area contributed by atoms with Crippen molar-refractivity contribution in [3.63, 3.8) is 0 Å². The van der Waals surface area contributed by atoms with Gasteiger partial charge in [-0.3, -0.25) is 0 Å². The predicted octanol–water partition coefficient (Wildman–Crippen LogP) is 3.41. The molecule has 0 spiro atoms. The Balaban J connectivity index is 1.98. The molecule has 4 heteroatoms. The molecule has 1 unspecified atom stereocenters. The van der Waals surface area contributed by atoms with Gasteiger partial charge in [0.1, 0.15) is 11.6 Å². The first-order chi connectivity index (χ1) is 9.51. The van der Waals surface area contributed by atoms with Crippen LogP contribution in [0.15, 0.2) is 12.1 Å². The Bertz CT molecular complexity index is 454. The van der Waals surface area contributed by atoms with Gasteiger partial charge in [0.25, 0.3) is 0 Å². The smallest absolute Gasteiger partial charge is 0.128 e. The highest BCUT2D eigenvalue weighted by atomic mass is 19.1. The number of likely N-dealkylation sites (tertiary alicyclic amines) is 1. The van der Waals surface area contributed by atoms with Gasteiger partial charge in [0.05, 0.1) is 0 Å². The summed E-state index contributed by atoms with van der Waals surface area (Å²) in [6, 6.07) is 2.83. The minimum atomic E-state index is -0.337. The zero-order chi connectivity index (χ0) is 14.7. The van der Waals surface area contributed by atoms with Gasteiger partial charge in [0.15, 0.2) is 0 Å². The maximum atomic E-state index is 13.9. The molecule has 1 aliphatic heterocycles. The molecule has 0 amide bonds. The molecule has 1 aliphatic rings. The summed E-state index contributed by atoms with van der Waals surface area (Å²) >= 11 is 0. The molecule has 0 aliphatic carbocycles. The van der Waals surface area contributed by atoms with Crippen molar-refractivity contribution in [1.82, 2.24) is 10.2 Å². The molecule has 2 nitrogen and oxygen atoms in total. The lowest BCUT2D eigenvalue weighted by molar-refractivity contribution is 0.200.